The van der Waals surface area contributed by atoms with Gasteiger partial charge in [0.2, 0.25) is 5.88 Å². The summed E-state index contributed by atoms with van der Waals surface area (Å²) in [5, 5.41) is 7.50. The smallest absolute Gasteiger partial charge is 0.421 e. The Morgan fingerprint density at radius 1 is 1.23 bits per heavy atom. The summed E-state index contributed by atoms with van der Waals surface area (Å²) in [7, 11) is 0. The Morgan fingerprint density at radius 3 is 2.65 bits per heavy atom. The third-order valence-electron chi connectivity index (χ3n) is 4.92. The molecular formula is C21H23F4N3O3. The van der Waals surface area contributed by atoms with Crippen LogP contribution in [0.5, 0.6) is 5.88 Å². The van der Waals surface area contributed by atoms with E-state index in [2.05, 4.69) is 10.2 Å². The maximum absolute atomic E-state index is 14.1. The quantitative estimate of drug-likeness (QED) is 0.449. The van der Waals surface area contributed by atoms with Crippen molar-refractivity contribution < 1.29 is 31.8 Å². The van der Waals surface area contributed by atoms with E-state index < -0.39 is 35.8 Å². The summed E-state index contributed by atoms with van der Waals surface area (Å²) in [6.07, 6.45) is -5.59. The molecule has 1 aromatic carbocycles. The second-order valence-corrected chi connectivity index (χ2v) is 7.18. The maximum atomic E-state index is 14.1. The first-order valence-electron chi connectivity index (χ1n) is 9.96. The van der Waals surface area contributed by atoms with Gasteiger partial charge in [0.25, 0.3) is 0 Å². The van der Waals surface area contributed by atoms with Crippen LogP contribution in [0.25, 0.3) is 0 Å². The molecule has 10 heteroatoms. The van der Waals surface area contributed by atoms with Crippen LogP contribution in [0.4, 0.5) is 23.4 Å². The highest BCUT2D eigenvalue weighted by molar-refractivity contribution is 5.69. The van der Waals surface area contributed by atoms with Crippen LogP contribution in [-0.4, -0.2) is 41.5 Å². The van der Waals surface area contributed by atoms with Crippen LogP contribution in [0.2, 0.25) is 0 Å². The highest BCUT2D eigenvalue weighted by atomic mass is 19.4. The SMILES string of the molecule is CCOC(=O)CC[C@@H]1C[C@@H](F)CN1c1cc(C(F)(F)F)c(OCc2ccccc2)nn1. The van der Waals surface area contributed by atoms with Gasteiger partial charge in [0.15, 0.2) is 5.82 Å². The number of alkyl halides is 4. The van der Waals surface area contributed by atoms with Gasteiger partial charge in [0.1, 0.15) is 18.3 Å². The lowest BCUT2D eigenvalue weighted by Crippen LogP contribution is -2.31. The van der Waals surface area contributed by atoms with E-state index in [0.717, 1.165) is 6.07 Å². The third-order valence-corrected chi connectivity index (χ3v) is 4.92. The van der Waals surface area contributed by atoms with Crippen LogP contribution in [0.3, 0.4) is 0 Å². The molecule has 2 aromatic rings. The first kappa shape index (κ1) is 22.8. The van der Waals surface area contributed by atoms with Crippen LogP contribution >= 0.6 is 0 Å². The molecule has 1 fully saturated rings. The second-order valence-electron chi connectivity index (χ2n) is 7.18. The summed E-state index contributed by atoms with van der Waals surface area (Å²) in [4.78, 5) is 13.0. The molecule has 0 saturated carbocycles. The third kappa shape index (κ3) is 6.05. The molecule has 2 atom stereocenters. The number of anilines is 1. The molecule has 0 spiro atoms. The Balaban J connectivity index is 1.79. The van der Waals surface area contributed by atoms with Crippen molar-refractivity contribution in [1.29, 1.82) is 0 Å². The molecule has 0 N–H and O–H groups in total. The van der Waals surface area contributed by atoms with Crippen molar-refractivity contribution >= 4 is 11.8 Å². The van der Waals surface area contributed by atoms with E-state index in [0.29, 0.717) is 5.56 Å². The summed E-state index contributed by atoms with van der Waals surface area (Å²) in [5.74, 6) is -1.18. The van der Waals surface area contributed by atoms with Gasteiger partial charge in [-0.3, -0.25) is 4.79 Å². The van der Waals surface area contributed by atoms with E-state index in [4.69, 9.17) is 9.47 Å². The number of hydrogen-bond donors (Lipinski definition) is 0. The Kier molecular flexibility index (Phi) is 7.29. The molecule has 0 aliphatic carbocycles. The maximum Gasteiger partial charge on any atom is 0.421 e. The molecule has 1 aliphatic rings. The van der Waals surface area contributed by atoms with Crippen LogP contribution in [0, 0.1) is 0 Å². The zero-order valence-corrected chi connectivity index (χ0v) is 16.9. The minimum Gasteiger partial charge on any atom is -0.471 e. The van der Waals surface area contributed by atoms with Crippen molar-refractivity contribution in [3.05, 3.63) is 47.5 Å². The number of benzene rings is 1. The minimum absolute atomic E-state index is 0.0412. The summed E-state index contributed by atoms with van der Waals surface area (Å²) in [6, 6.07) is 9.05. The van der Waals surface area contributed by atoms with Gasteiger partial charge in [-0.25, -0.2) is 4.39 Å². The molecule has 31 heavy (non-hydrogen) atoms. The molecule has 1 aromatic heterocycles. The molecule has 0 bridgehead atoms. The van der Waals surface area contributed by atoms with E-state index >= 15 is 0 Å². The van der Waals surface area contributed by atoms with Gasteiger partial charge in [-0.2, -0.15) is 13.2 Å². The van der Waals surface area contributed by atoms with E-state index in [9.17, 15) is 22.4 Å². The van der Waals surface area contributed by atoms with Crippen LogP contribution < -0.4 is 9.64 Å². The molecule has 0 amide bonds. The summed E-state index contributed by atoms with van der Waals surface area (Å²) < 4.78 is 65.1. The molecule has 0 unspecified atom stereocenters. The van der Waals surface area contributed by atoms with Gasteiger partial charge in [0.05, 0.1) is 13.2 Å². The lowest BCUT2D eigenvalue weighted by molar-refractivity contribution is -0.143. The van der Waals surface area contributed by atoms with E-state index in [1.54, 1.807) is 37.3 Å². The second kappa shape index (κ2) is 9.93. The number of rotatable bonds is 8. The Hall–Kier alpha value is -2.91. The topological polar surface area (TPSA) is 64.5 Å². The van der Waals surface area contributed by atoms with Gasteiger partial charge in [0, 0.05) is 24.9 Å². The van der Waals surface area contributed by atoms with Gasteiger partial charge < -0.3 is 14.4 Å². The molecule has 0 radical (unpaired) electrons. The van der Waals surface area contributed by atoms with E-state index in [-0.39, 0.29) is 44.8 Å². The Morgan fingerprint density at radius 2 is 1.97 bits per heavy atom. The first-order chi connectivity index (χ1) is 14.8. The van der Waals surface area contributed by atoms with E-state index in [1.165, 1.54) is 4.90 Å². The number of esters is 1. The van der Waals surface area contributed by atoms with Gasteiger partial charge >= 0.3 is 12.1 Å². The Bertz CT molecular complexity index is 880. The fraction of sp³-hybridized carbons (Fsp3) is 0.476. The lowest BCUT2D eigenvalue weighted by atomic mass is 10.1. The fourth-order valence-corrected chi connectivity index (χ4v) is 3.48. The number of carbonyl (C=O) groups excluding carboxylic acids is 1. The van der Waals surface area contributed by atoms with Crippen LogP contribution in [0.15, 0.2) is 36.4 Å². The van der Waals surface area contributed by atoms with Crippen molar-refractivity contribution in [2.24, 2.45) is 0 Å². The Labute approximate surface area is 177 Å². The summed E-state index contributed by atoms with van der Waals surface area (Å²) in [5.41, 5.74) is -0.403. The zero-order valence-electron chi connectivity index (χ0n) is 16.9. The minimum atomic E-state index is -4.73. The molecule has 1 saturated heterocycles. The van der Waals surface area contributed by atoms with Crippen molar-refractivity contribution in [2.45, 2.75) is 51.2 Å². The first-order valence-corrected chi connectivity index (χ1v) is 9.96. The standard InChI is InChI=1S/C21H23F4N3O3/c1-2-30-19(29)9-8-16-10-15(22)12-28(16)18-11-17(21(23,24)25)20(27-26-18)31-13-14-6-4-3-5-7-14/h3-7,11,15-16H,2,8-10,12-13H2,1H3/t15-,16-/m1/s1. The molecule has 3 rings (SSSR count). The number of hydrogen-bond acceptors (Lipinski definition) is 6. The monoisotopic (exact) mass is 441 g/mol. The van der Waals surface area contributed by atoms with Gasteiger partial charge in [-0.1, -0.05) is 30.3 Å². The average Bonchev–Trinajstić information content (AvgIpc) is 3.11. The molecule has 6 nitrogen and oxygen atoms in total. The van der Waals surface area contributed by atoms with Crippen molar-refractivity contribution in [2.75, 3.05) is 18.1 Å². The number of carbonyl (C=O) groups is 1. The molecule has 168 valence electrons. The number of halogens is 4. The number of ether oxygens (including phenoxy) is 2. The van der Waals surface area contributed by atoms with Crippen LogP contribution in [-0.2, 0) is 22.3 Å². The lowest BCUT2D eigenvalue weighted by Gasteiger charge is -2.25. The van der Waals surface area contributed by atoms with Crippen LogP contribution in [0.1, 0.15) is 37.3 Å². The zero-order chi connectivity index (χ0) is 22.4. The molecular weight excluding hydrogens is 418 g/mol. The highest BCUT2D eigenvalue weighted by Gasteiger charge is 2.39. The number of nitrogens with zero attached hydrogens (tertiary/aromatic N) is 3. The van der Waals surface area contributed by atoms with Crippen molar-refractivity contribution in [3.8, 4) is 5.88 Å². The summed E-state index contributed by atoms with van der Waals surface area (Å²) in [6.45, 7) is 1.68. The fourth-order valence-electron chi connectivity index (χ4n) is 3.48. The summed E-state index contributed by atoms with van der Waals surface area (Å²) >= 11 is 0. The normalized spacial score (nSPS) is 18.8. The highest BCUT2D eigenvalue weighted by Crippen LogP contribution is 2.38. The van der Waals surface area contributed by atoms with Crippen molar-refractivity contribution in [3.63, 3.8) is 0 Å². The number of aromatic nitrogens is 2. The van der Waals surface area contributed by atoms with Gasteiger partial charge in [-0.05, 0) is 18.9 Å². The largest absolute Gasteiger partial charge is 0.471 e. The van der Waals surface area contributed by atoms with Gasteiger partial charge in [-0.15, -0.1) is 10.2 Å². The molecule has 2 heterocycles. The van der Waals surface area contributed by atoms with Crippen molar-refractivity contribution in [1.82, 2.24) is 10.2 Å². The van der Waals surface area contributed by atoms with E-state index in [1.807, 2.05) is 0 Å². The average molecular weight is 441 g/mol. The molecule has 1 aliphatic heterocycles. The predicted molar refractivity (Wildman–Crippen MR) is 104 cm³/mol. The predicted octanol–water partition coefficient (Wildman–Crippen LogP) is 4.33.